The highest BCUT2D eigenvalue weighted by molar-refractivity contribution is 5.94. The van der Waals surface area contributed by atoms with Crippen LogP contribution in [0.1, 0.15) is 37.8 Å². The van der Waals surface area contributed by atoms with Crippen molar-refractivity contribution in [1.82, 2.24) is 20.2 Å². The summed E-state index contributed by atoms with van der Waals surface area (Å²) in [6.45, 7) is 6.80. The van der Waals surface area contributed by atoms with Gasteiger partial charge in [0.2, 0.25) is 5.91 Å². The van der Waals surface area contributed by atoms with Gasteiger partial charge in [-0.3, -0.25) is 19.6 Å². The fourth-order valence-electron chi connectivity index (χ4n) is 4.70. The van der Waals surface area contributed by atoms with E-state index in [1.807, 2.05) is 26.0 Å². The van der Waals surface area contributed by atoms with Gasteiger partial charge >= 0.3 is 24.3 Å². The molecule has 11 N–H and O–H groups in total. The maximum absolute atomic E-state index is 13.5. The lowest BCUT2D eigenvalue weighted by Crippen LogP contribution is -2.35. The Labute approximate surface area is 304 Å². The normalized spacial score (nSPS) is 13.1. The number of amidine groups is 1. The first-order valence-corrected chi connectivity index (χ1v) is 16.1. The van der Waals surface area contributed by atoms with E-state index in [1.165, 1.54) is 4.57 Å². The van der Waals surface area contributed by atoms with E-state index in [0.29, 0.717) is 28.4 Å². The molecular weight excluding hydrogens is 732 g/mol. The van der Waals surface area contributed by atoms with E-state index in [-0.39, 0.29) is 42.3 Å². The second-order valence-corrected chi connectivity index (χ2v) is 12.1. The lowest BCUT2D eigenvalue weighted by Gasteiger charge is -2.23. The lowest BCUT2D eigenvalue weighted by molar-refractivity contribution is -0.193. The highest BCUT2D eigenvalue weighted by Crippen LogP contribution is 2.26. The van der Waals surface area contributed by atoms with Gasteiger partial charge in [0.15, 0.2) is 5.82 Å². The highest BCUT2D eigenvalue weighted by Gasteiger charge is 2.38. The lowest BCUT2D eigenvalue weighted by atomic mass is 9.98. The first kappa shape index (κ1) is 44.3. The van der Waals surface area contributed by atoms with E-state index in [4.69, 9.17) is 36.7 Å². The minimum Gasteiger partial charge on any atom is -0.475 e. The molecule has 0 aliphatic carbocycles. The molecular formula is C33H41F6N9O6. The van der Waals surface area contributed by atoms with Crippen molar-refractivity contribution in [2.75, 3.05) is 36.0 Å². The van der Waals surface area contributed by atoms with Gasteiger partial charge in [0, 0.05) is 41.6 Å². The van der Waals surface area contributed by atoms with Gasteiger partial charge in [0.1, 0.15) is 12.4 Å². The summed E-state index contributed by atoms with van der Waals surface area (Å²) in [5.41, 5.74) is 15.4. The minimum atomic E-state index is -5.08. The Morgan fingerprint density at radius 1 is 1.00 bits per heavy atom. The van der Waals surface area contributed by atoms with Gasteiger partial charge in [0.25, 0.3) is 5.56 Å². The number of hydrogen-bond acceptors (Lipinski definition) is 10. The van der Waals surface area contributed by atoms with Gasteiger partial charge < -0.3 is 42.9 Å². The topological polar surface area (TPSA) is 251 Å². The average Bonchev–Trinajstić information content (AvgIpc) is 3.08. The summed E-state index contributed by atoms with van der Waals surface area (Å²) in [7, 11) is 0. The molecule has 54 heavy (non-hydrogen) atoms. The summed E-state index contributed by atoms with van der Waals surface area (Å²) in [6, 6.07) is 12.7. The van der Waals surface area contributed by atoms with Crippen LogP contribution in [0.25, 0.3) is 11.3 Å². The summed E-state index contributed by atoms with van der Waals surface area (Å²) >= 11 is 0. The number of carbonyl (C=O) groups excluding carboxylic acids is 1. The molecule has 296 valence electrons. The SMILES string of the molecule is CC(C)Nc1ncc(-c2cc(N)cc(NCC3CCNCC3)c2)n(CC(=O)NCc2ccc(C(=N)N)cc2)c1=O.O=C(O)C(F)(F)F.O=C(O)C(F)(F)F. The summed E-state index contributed by atoms with van der Waals surface area (Å²) in [4.78, 5) is 48.7. The molecule has 1 fully saturated rings. The number of aromatic nitrogens is 2. The number of nitrogen functional groups attached to an aromatic ring is 2. The van der Waals surface area contributed by atoms with Gasteiger partial charge in [-0.1, -0.05) is 24.3 Å². The van der Waals surface area contributed by atoms with Crippen molar-refractivity contribution in [2.24, 2.45) is 11.7 Å². The van der Waals surface area contributed by atoms with Crippen LogP contribution in [-0.2, 0) is 27.5 Å². The van der Waals surface area contributed by atoms with Gasteiger partial charge in [-0.05, 0) is 69.5 Å². The number of nitrogens with zero attached hydrogens (tertiary/aromatic N) is 2. The Balaban J connectivity index is 0.000000610. The summed E-state index contributed by atoms with van der Waals surface area (Å²) in [5.74, 6) is -5.10. The molecule has 1 saturated heterocycles. The zero-order valence-corrected chi connectivity index (χ0v) is 29.1. The number of nitrogens with two attached hydrogens (primary N) is 2. The molecule has 1 amide bonds. The number of benzene rings is 2. The van der Waals surface area contributed by atoms with Crippen LogP contribution in [0.5, 0.6) is 0 Å². The van der Waals surface area contributed by atoms with Crippen molar-refractivity contribution in [3.05, 3.63) is 70.1 Å². The monoisotopic (exact) mass is 773 g/mol. The fourth-order valence-corrected chi connectivity index (χ4v) is 4.70. The van der Waals surface area contributed by atoms with Gasteiger partial charge in [-0.25, -0.2) is 14.6 Å². The Bertz CT molecular complexity index is 1790. The Morgan fingerprint density at radius 2 is 1.56 bits per heavy atom. The second kappa shape index (κ2) is 19.8. The predicted molar refractivity (Wildman–Crippen MR) is 188 cm³/mol. The van der Waals surface area contributed by atoms with Crippen molar-refractivity contribution in [3.8, 4) is 11.3 Å². The standard InChI is InChI=1S/C29H39N9O2.2C2HF3O2/c1-18(2)37-28-29(40)38(17-26(39)35-15-19-3-5-21(6-4-19)27(31)32)25(16-36-28)22-11-23(30)13-24(12-22)34-14-20-7-9-33-10-8-20;2*3-2(4,5)1(6)7/h3-6,11-13,16,18,20,33-34H,7-10,14-15,17,30H2,1-2H3,(H3,31,32)(H,35,39)(H,36,37);2*(H,6,7). The molecule has 3 aromatic rings. The van der Waals surface area contributed by atoms with Crippen LogP contribution in [0, 0.1) is 11.3 Å². The van der Waals surface area contributed by atoms with Crippen LogP contribution in [0.3, 0.4) is 0 Å². The van der Waals surface area contributed by atoms with Gasteiger partial charge in [-0.15, -0.1) is 0 Å². The largest absolute Gasteiger partial charge is 0.490 e. The van der Waals surface area contributed by atoms with Crippen molar-refractivity contribution in [3.63, 3.8) is 0 Å². The fraction of sp³-hybridized carbons (Fsp3) is 0.394. The van der Waals surface area contributed by atoms with Crippen LogP contribution in [0.15, 0.2) is 53.5 Å². The molecule has 0 atom stereocenters. The molecule has 2 heterocycles. The number of rotatable bonds is 11. The number of carbonyl (C=O) groups is 3. The van der Waals surface area contributed by atoms with Crippen LogP contribution in [-0.4, -0.2) is 81.5 Å². The third kappa shape index (κ3) is 15.0. The van der Waals surface area contributed by atoms with E-state index in [2.05, 4.69) is 26.3 Å². The van der Waals surface area contributed by atoms with Crippen LogP contribution < -0.4 is 38.3 Å². The van der Waals surface area contributed by atoms with Gasteiger partial charge in [0.05, 0.1) is 11.9 Å². The molecule has 1 aromatic heterocycles. The Hall–Kier alpha value is -5.86. The van der Waals surface area contributed by atoms with Crippen LogP contribution >= 0.6 is 0 Å². The molecule has 0 saturated carbocycles. The van der Waals surface area contributed by atoms with E-state index in [0.717, 1.165) is 43.7 Å². The van der Waals surface area contributed by atoms with E-state index < -0.39 is 24.3 Å². The number of anilines is 3. The zero-order valence-electron chi connectivity index (χ0n) is 29.1. The van der Waals surface area contributed by atoms with Crippen molar-refractivity contribution >= 4 is 40.9 Å². The van der Waals surface area contributed by atoms with E-state index >= 15 is 0 Å². The average molecular weight is 774 g/mol. The van der Waals surface area contributed by atoms with E-state index in [9.17, 15) is 35.9 Å². The number of carboxylic acid groups (broad SMARTS) is 2. The number of piperidine rings is 1. The third-order valence-corrected chi connectivity index (χ3v) is 7.33. The Morgan fingerprint density at radius 3 is 2.06 bits per heavy atom. The second-order valence-electron chi connectivity index (χ2n) is 12.1. The molecule has 0 spiro atoms. The number of amides is 1. The molecule has 0 radical (unpaired) electrons. The van der Waals surface area contributed by atoms with Crippen molar-refractivity contribution in [2.45, 2.75) is 58.2 Å². The first-order valence-electron chi connectivity index (χ1n) is 16.1. The first-order chi connectivity index (χ1) is 25.1. The number of hydrogen-bond donors (Lipinski definition) is 9. The summed E-state index contributed by atoms with van der Waals surface area (Å²) in [6.07, 6.45) is -6.33. The quantitative estimate of drug-likeness (QED) is 0.0587. The highest BCUT2D eigenvalue weighted by atomic mass is 19.4. The molecule has 1 aliphatic rings. The molecule has 4 rings (SSSR count). The molecule has 15 nitrogen and oxygen atoms in total. The molecule has 21 heteroatoms. The molecule has 2 aromatic carbocycles. The Kier molecular flexibility index (Phi) is 16.3. The van der Waals surface area contributed by atoms with E-state index in [1.54, 1.807) is 36.5 Å². The minimum absolute atomic E-state index is 0.00976. The number of aliphatic carboxylic acids is 2. The molecule has 0 bridgehead atoms. The zero-order chi connectivity index (χ0) is 40.8. The predicted octanol–water partition coefficient (Wildman–Crippen LogP) is 3.59. The van der Waals surface area contributed by atoms with Gasteiger partial charge in [-0.2, -0.15) is 26.3 Å². The number of alkyl halides is 6. The number of nitrogens with one attached hydrogen (secondary N) is 5. The third-order valence-electron chi connectivity index (χ3n) is 7.33. The smallest absolute Gasteiger partial charge is 0.475 e. The summed E-state index contributed by atoms with van der Waals surface area (Å²) < 4.78 is 64.9. The van der Waals surface area contributed by atoms with Crippen LogP contribution in [0.2, 0.25) is 0 Å². The maximum Gasteiger partial charge on any atom is 0.490 e. The molecule has 1 aliphatic heterocycles. The maximum atomic E-state index is 13.5. The van der Waals surface area contributed by atoms with Crippen molar-refractivity contribution in [1.29, 1.82) is 5.41 Å². The number of halogens is 6. The summed E-state index contributed by atoms with van der Waals surface area (Å²) in [5, 5.41) is 34.6. The van der Waals surface area contributed by atoms with Crippen LogP contribution in [0.4, 0.5) is 43.5 Å². The molecule has 0 unspecified atom stereocenters. The van der Waals surface area contributed by atoms with Crippen molar-refractivity contribution < 1.29 is 50.9 Å². The number of carboxylic acids is 2.